The molecule has 0 radical (unpaired) electrons. The fourth-order valence-corrected chi connectivity index (χ4v) is 5.86. The van der Waals surface area contributed by atoms with Crippen LogP contribution < -0.4 is 15.1 Å². The summed E-state index contributed by atoms with van der Waals surface area (Å²) < 4.78 is 1.90. The lowest BCUT2D eigenvalue weighted by Gasteiger charge is -2.37. The molecule has 8 heteroatoms. The van der Waals surface area contributed by atoms with Gasteiger partial charge in [0.2, 0.25) is 0 Å². The Bertz CT molecular complexity index is 1750. The molecular formula is C36H36N6O2. The van der Waals surface area contributed by atoms with Crippen LogP contribution >= 0.6 is 0 Å². The molecule has 8 nitrogen and oxygen atoms in total. The highest BCUT2D eigenvalue weighted by Gasteiger charge is 2.27. The first-order chi connectivity index (χ1) is 21.4. The number of rotatable bonds is 8. The zero-order chi connectivity index (χ0) is 30.6. The number of hydrogen-bond donors (Lipinski definition) is 1. The lowest BCUT2D eigenvalue weighted by Crippen LogP contribution is -2.46. The molecule has 0 bridgehead atoms. The van der Waals surface area contributed by atoms with Crippen molar-refractivity contribution in [3.05, 3.63) is 126 Å². The van der Waals surface area contributed by atoms with Gasteiger partial charge < -0.3 is 19.7 Å². The molecule has 1 aliphatic heterocycles. The monoisotopic (exact) mass is 584 g/mol. The Morgan fingerprint density at radius 2 is 1.55 bits per heavy atom. The van der Waals surface area contributed by atoms with Crippen LogP contribution in [-0.2, 0) is 11.3 Å². The van der Waals surface area contributed by atoms with Crippen molar-refractivity contribution in [1.82, 2.24) is 14.5 Å². The largest absolute Gasteiger partial charge is 0.368 e. The van der Waals surface area contributed by atoms with Gasteiger partial charge in [0, 0.05) is 73.4 Å². The van der Waals surface area contributed by atoms with Gasteiger partial charge in [0.15, 0.2) is 0 Å². The third-order valence-electron chi connectivity index (χ3n) is 8.05. The fourth-order valence-electron chi connectivity index (χ4n) is 5.86. The van der Waals surface area contributed by atoms with Gasteiger partial charge in [-0.2, -0.15) is 0 Å². The number of hydrogen-bond acceptors (Lipinski definition) is 6. The van der Waals surface area contributed by atoms with E-state index in [1.54, 1.807) is 12.4 Å². The molecule has 222 valence electrons. The number of benzene rings is 2. The van der Waals surface area contributed by atoms with Crippen LogP contribution in [0.25, 0.3) is 11.1 Å². The number of carbonyl (C=O) groups is 2. The highest BCUT2D eigenvalue weighted by molar-refractivity contribution is 6.47. The topological polar surface area (TPSA) is 83.4 Å². The number of aromatic nitrogens is 3. The minimum absolute atomic E-state index is 0.364. The molecule has 0 atom stereocenters. The number of anilines is 3. The molecule has 0 spiro atoms. The van der Waals surface area contributed by atoms with E-state index in [1.165, 1.54) is 5.56 Å². The second kappa shape index (κ2) is 12.6. The van der Waals surface area contributed by atoms with Crippen LogP contribution in [0.1, 0.15) is 33.0 Å². The maximum atomic E-state index is 13.8. The first-order valence-electron chi connectivity index (χ1n) is 14.9. The van der Waals surface area contributed by atoms with Crippen molar-refractivity contribution in [2.75, 3.05) is 41.3 Å². The van der Waals surface area contributed by atoms with Gasteiger partial charge in [-0.3, -0.25) is 14.6 Å². The number of Topliss-reactive ketones (excluding diaryl/α,β-unsaturated/α-hetero) is 1. The number of piperazine rings is 1. The predicted octanol–water partition coefficient (Wildman–Crippen LogP) is 6.07. The van der Waals surface area contributed by atoms with E-state index in [-0.39, 0.29) is 0 Å². The fraction of sp³-hybridized carbons (Fsp3) is 0.222. The van der Waals surface area contributed by atoms with E-state index in [2.05, 4.69) is 39.2 Å². The Morgan fingerprint density at radius 3 is 2.23 bits per heavy atom. The van der Waals surface area contributed by atoms with Gasteiger partial charge in [-0.15, -0.1) is 0 Å². The van der Waals surface area contributed by atoms with E-state index in [9.17, 15) is 9.59 Å². The van der Waals surface area contributed by atoms with Crippen molar-refractivity contribution in [3.63, 3.8) is 0 Å². The smallest absolute Gasteiger partial charge is 0.298 e. The highest BCUT2D eigenvalue weighted by atomic mass is 16.2. The van der Waals surface area contributed by atoms with Crippen LogP contribution in [0.2, 0.25) is 0 Å². The summed E-state index contributed by atoms with van der Waals surface area (Å²) in [6.45, 7) is 10.0. The van der Waals surface area contributed by atoms with E-state index in [0.717, 1.165) is 65.8 Å². The zero-order valence-corrected chi connectivity index (χ0v) is 25.3. The van der Waals surface area contributed by atoms with Crippen LogP contribution in [0.4, 0.5) is 17.2 Å². The summed E-state index contributed by atoms with van der Waals surface area (Å²) in [7, 11) is 0. The molecule has 0 aliphatic carbocycles. The minimum Gasteiger partial charge on any atom is -0.368 e. The van der Waals surface area contributed by atoms with Crippen molar-refractivity contribution in [1.29, 1.82) is 0 Å². The lowest BCUT2D eigenvalue weighted by molar-refractivity contribution is -0.112. The summed E-state index contributed by atoms with van der Waals surface area (Å²) in [4.78, 5) is 40.8. The van der Waals surface area contributed by atoms with Crippen molar-refractivity contribution in [3.8, 4) is 11.1 Å². The molecule has 1 aliphatic rings. The predicted molar refractivity (Wildman–Crippen MR) is 175 cm³/mol. The number of carbonyl (C=O) groups excluding carboxylic acids is 2. The number of nitrogens with zero attached hydrogens (tertiary/aromatic N) is 5. The number of pyridine rings is 2. The van der Waals surface area contributed by atoms with Gasteiger partial charge >= 0.3 is 0 Å². The maximum absolute atomic E-state index is 13.8. The maximum Gasteiger partial charge on any atom is 0.298 e. The summed E-state index contributed by atoms with van der Waals surface area (Å²) in [5, 5.41) is 2.84. The van der Waals surface area contributed by atoms with E-state index >= 15 is 0 Å². The second-order valence-electron chi connectivity index (χ2n) is 11.3. The molecular weight excluding hydrogens is 548 g/mol. The molecule has 2 aromatic carbocycles. The zero-order valence-electron chi connectivity index (χ0n) is 25.3. The van der Waals surface area contributed by atoms with Gasteiger partial charge in [-0.25, -0.2) is 4.98 Å². The molecule has 4 heterocycles. The minimum atomic E-state index is -0.671. The lowest BCUT2D eigenvalue weighted by atomic mass is 10.0. The van der Waals surface area contributed by atoms with Crippen LogP contribution in [0.15, 0.2) is 97.3 Å². The average molecular weight is 585 g/mol. The normalized spacial score (nSPS) is 13.2. The van der Waals surface area contributed by atoms with Crippen molar-refractivity contribution in [2.45, 2.75) is 27.3 Å². The summed E-state index contributed by atoms with van der Waals surface area (Å²) in [6, 6.07) is 27.4. The van der Waals surface area contributed by atoms with E-state index < -0.39 is 11.7 Å². The summed E-state index contributed by atoms with van der Waals surface area (Å²) >= 11 is 0. The standard InChI is InChI=1S/C36H36N6O2/c1-25-20-26(2)38-33(21-25)41-18-16-40(17-19-41)31-13-11-30(12-14-31)39-36(44)35(43)34-32(29-9-5-4-6-10-29)22-27(3)42(34)24-28-8-7-15-37-23-28/h4-15,20-23H,16-19,24H2,1-3H3,(H,39,44). The third kappa shape index (κ3) is 6.24. The van der Waals surface area contributed by atoms with Crippen molar-refractivity contribution >= 4 is 28.9 Å². The summed E-state index contributed by atoms with van der Waals surface area (Å²) in [6.07, 6.45) is 3.49. The molecule has 0 unspecified atom stereocenters. The Labute approximate surface area is 258 Å². The van der Waals surface area contributed by atoms with Crippen molar-refractivity contribution < 1.29 is 9.59 Å². The summed E-state index contributed by atoms with van der Waals surface area (Å²) in [5.74, 6) is -0.224. The van der Waals surface area contributed by atoms with Gasteiger partial charge in [0.1, 0.15) is 11.5 Å². The molecule has 1 amide bonds. The number of amides is 1. The van der Waals surface area contributed by atoms with Crippen LogP contribution in [0.5, 0.6) is 0 Å². The molecule has 1 saturated heterocycles. The van der Waals surface area contributed by atoms with E-state index in [1.807, 2.05) is 91.2 Å². The van der Waals surface area contributed by atoms with Gasteiger partial charge in [0.25, 0.3) is 11.7 Å². The van der Waals surface area contributed by atoms with Gasteiger partial charge in [-0.05, 0) is 86.0 Å². The van der Waals surface area contributed by atoms with E-state index in [0.29, 0.717) is 17.9 Å². The second-order valence-corrected chi connectivity index (χ2v) is 11.3. The molecule has 5 aromatic rings. The van der Waals surface area contributed by atoms with Crippen molar-refractivity contribution in [2.24, 2.45) is 0 Å². The SMILES string of the molecule is Cc1cc(C)nc(N2CCN(c3ccc(NC(=O)C(=O)c4c(-c5ccccc5)cc(C)n4Cc4cccnc4)cc3)CC2)c1. The molecule has 0 saturated carbocycles. The summed E-state index contributed by atoms with van der Waals surface area (Å²) in [5.41, 5.74) is 7.73. The van der Waals surface area contributed by atoms with Crippen LogP contribution in [0, 0.1) is 20.8 Å². The van der Waals surface area contributed by atoms with Crippen LogP contribution in [0.3, 0.4) is 0 Å². The molecule has 6 rings (SSSR count). The van der Waals surface area contributed by atoms with Gasteiger partial charge in [0.05, 0.1) is 0 Å². The molecule has 44 heavy (non-hydrogen) atoms. The quantitative estimate of drug-likeness (QED) is 0.176. The Hall–Kier alpha value is -5.24. The number of aryl methyl sites for hydroxylation is 3. The molecule has 1 fully saturated rings. The molecule has 1 N–H and O–H groups in total. The van der Waals surface area contributed by atoms with E-state index in [4.69, 9.17) is 4.98 Å². The first kappa shape index (κ1) is 28.9. The highest BCUT2D eigenvalue weighted by Crippen LogP contribution is 2.29. The third-order valence-corrected chi connectivity index (χ3v) is 8.05. The average Bonchev–Trinajstić information content (AvgIpc) is 3.36. The Kier molecular flexibility index (Phi) is 8.23. The number of ketones is 1. The first-order valence-corrected chi connectivity index (χ1v) is 14.9. The Morgan fingerprint density at radius 1 is 0.818 bits per heavy atom. The van der Waals surface area contributed by atoms with Gasteiger partial charge in [-0.1, -0.05) is 36.4 Å². The molecule has 3 aromatic heterocycles. The Balaban J connectivity index is 1.16. The van der Waals surface area contributed by atoms with Crippen LogP contribution in [-0.4, -0.2) is 52.4 Å². The number of nitrogens with one attached hydrogen (secondary N) is 1.